The quantitative estimate of drug-likeness (QED) is 0.254. The smallest absolute Gasteiger partial charge is 0.305 e. The summed E-state index contributed by atoms with van der Waals surface area (Å²) in [6.45, 7) is 0. The molecule has 144 valence electrons. The van der Waals surface area contributed by atoms with Gasteiger partial charge in [-0.3, -0.25) is 9.59 Å². The van der Waals surface area contributed by atoms with Crippen LogP contribution in [0.3, 0.4) is 0 Å². The number of carbonyl (C=O) groups is 2. The number of hydrogen-bond acceptors (Lipinski definition) is 5. The van der Waals surface area contributed by atoms with Gasteiger partial charge in [0.25, 0.3) is 0 Å². The molecule has 0 atom stereocenters. The number of para-hydroxylation sites is 2. The topological polar surface area (TPSA) is 56.3 Å². The highest BCUT2D eigenvalue weighted by Crippen LogP contribution is 2.32. The lowest BCUT2D eigenvalue weighted by molar-refractivity contribution is -0.140. The van der Waals surface area contributed by atoms with E-state index in [4.69, 9.17) is 0 Å². The van der Waals surface area contributed by atoms with Crippen LogP contribution in [-0.4, -0.2) is 23.2 Å². The maximum atomic E-state index is 13.3. The standard InChI is InChI=1S/C24H19NO3S/c1-28-22(26)15-12-16-10-13-17(14-11-16)29-24(27)23-18-6-2-4-8-20(18)25-21-9-5-3-7-19(21)23/h2-11,13-14H,12,15H2,1H3. The van der Waals surface area contributed by atoms with E-state index in [0.29, 0.717) is 18.4 Å². The molecule has 0 aliphatic heterocycles. The van der Waals surface area contributed by atoms with Gasteiger partial charge in [-0.15, -0.1) is 0 Å². The van der Waals surface area contributed by atoms with Gasteiger partial charge in [0.1, 0.15) is 0 Å². The molecule has 1 heterocycles. The number of hydrogen-bond donors (Lipinski definition) is 0. The molecule has 4 aromatic rings. The van der Waals surface area contributed by atoms with E-state index in [9.17, 15) is 9.59 Å². The minimum absolute atomic E-state index is 0.0119. The molecule has 0 N–H and O–H groups in total. The Kier molecular flexibility index (Phi) is 5.58. The summed E-state index contributed by atoms with van der Waals surface area (Å²) in [5.74, 6) is -0.227. The third kappa shape index (κ3) is 4.15. The van der Waals surface area contributed by atoms with Crippen LogP contribution in [0.2, 0.25) is 0 Å². The summed E-state index contributed by atoms with van der Waals surface area (Å²) >= 11 is 1.21. The number of fused-ring (bicyclic) bond motifs is 2. The highest BCUT2D eigenvalue weighted by molar-refractivity contribution is 8.14. The molecule has 4 nitrogen and oxygen atoms in total. The van der Waals surface area contributed by atoms with Crippen molar-refractivity contribution < 1.29 is 14.3 Å². The number of pyridine rings is 1. The van der Waals surface area contributed by atoms with Crippen molar-refractivity contribution in [1.29, 1.82) is 0 Å². The molecule has 0 bridgehead atoms. The number of nitrogens with zero attached hydrogens (tertiary/aromatic N) is 1. The van der Waals surface area contributed by atoms with E-state index >= 15 is 0 Å². The zero-order chi connectivity index (χ0) is 20.2. The van der Waals surface area contributed by atoms with Crippen molar-refractivity contribution in [2.45, 2.75) is 17.7 Å². The molecule has 4 rings (SSSR count). The Hall–Kier alpha value is -3.18. The fraction of sp³-hybridized carbons (Fsp3) is 0.125. The van der Waals surface area contributed by atoms with E-state index < -0.39 is 0 Å². The first-order valence-electron chi connectivity index (χ1n) is 9.31. The van der Waals surface area contributed by atoms with E-state index in [1.165, 1.54) is 18.9 Å². The van der Waals surface area contributed by atoms with Gasteiger partial charge in [-0.05, 0) is 48.0 Å². The predicted molar refractivity (Wildman–Crippen MR) is 116 cm³/mol. The molecule has 0 radical (unpaired) electrons. The highest BCUT2D eigenvalue weighted by Gasteiger charge is 2.17. The first-order chi connectivity index (χ1) is 14.2. The van der Waals surface area contributed by atoms with Crippen LogP contribution in [0, 0.1) is 0 Å². The van der Waals surface area contributed by atoms with Crippen molar-refractivity contribution in [3.63, 3.8) is 0 Å². The molecule has 0 amide bonds. The average Bonchev–Trinajstić information content (AvgIpc) is 2.76. The van der Waals surface area contributed by atoms with Crippen molar-refractivity contribution in [1.82, 2.24) is 4.98 Å². The maximum absolute atomic E-state index is 13.3. The van der Waals surface area contributed by atoms with Crippen LogP contribution in [0.5, 0.6) is 0 Å². The first-order valence-corrected chi connectivity index (χ1v) is 10.1. The second kappa shape index (κ2) is 8.45. The summed E-state index contributed by atoms with van der Waals surface area (Å²) in [7, 11) is 1.39. The molecule has 0 saturated heterocycles. The van der Waals surface area contributed by atoms with Crippen molar-refractivity contribution in [2.75, 3.05) is 7.11 Å². The number of carbonyl (C=O) groups excluding carboxylic acids is 2. The van der Waals surface area contributed by atoms with Crippen LogP contribution in [0.1, 0.15) is 22.3 Å². The van der Waals surface area contributed by atoms with Crippen LogP contribution >= 0.6 is 11.8 Å². The molecule has 0 spiro atoms. The summed E-state index contributed by atoms with van der Waals surface area (Å²) < 4.78 is 4.67. The summed E-state index contributed by atoms with van der Waals surface area (Å²) in [4.78, 5) is 30.1. The molecule has 29 heavy (non-hydrogen) atoms. The van der Waals surface area contributed by atoms with Gasteiger partial charge in [0.05, 0.1) is 18.1 Å². The number of thioether (sulfide) groups is 1. The lowest BCUT2D eigenvalue weighted by atomic mass is 10.0. The second-order valence-corrected chi connectivity index (χ2v) is 7.68. The monoisotopic (exact) mass is 401 g/mol. The maximum Gasteiger partial charge on any atom is 0.305 e. The van der Waals surface area contributed by atoms with Gasteiger partial charge in [0.2, 0.25) is 5.12 Å². The van der Waals surface area contributed by atoms with Gasteiger partial charge in [-0.25, -0.2) is 4.98 Å². The fourth-order valence-corrected chi connectivity index (χ4v) is 4.10. The van der Waals surface area contributed by atoms with Gasteiger partial charge in [-0.1, -0.05) is 48.5 Å². The Morgan fingerprint density at radius 2 is 1.45 bits per heavy atom. The number of ether oxygens (including phenoxy) is 1. The minimum Gasteiger partial charge on any atom is -0.469 e. The van der Waals surface area contributed by atoms with Crippen molar-refractivity contribution in [3.05, 3.63) is 83.9 Å². The molecule has 5 heteroatoms. The normalized spacial score (nSPS) is 10.9. The fourth-order valence-electron chi connectivity index (χ4n) is 3.29. The summed E-state index contributed by atoms with van der Waals surface area (Å²) in [6, 6.07) is 23.2. The van der Waals surface area contributed by atoms with Crippen molar-refractivity contribution in [3.8, 4) is 0 Å². The zero-order valence-electron chi connectivity index (χ0n) is 15.9. The minimum atomic E-state index is -0.227. The second-order valence-electron chi connectivity index (χ2n) is 6.63. The van der Waals surface area contributed by atoms with E-state index in [0.717, 1.165) is 32.3 Å². The Bertz CT molecular complexity index is 1150. The Morgan fingerprint density at radius 1 is 0.862 bits per heavy atom. The number of methoxy groups -OCH3 is 1. The molecule has 0 fully saturated rings. The molecule has 0 unspecified atom stereocenters. The number of aromatic nitrogens is 1. The zero-order valence-corrected chi connectivity index (χ0v) is 16.7. The van der Waals surface area contributed by atoms with Crippen LogP contribution in [0.15, 0.2) is 77.7 Å². The van der Waals surface area contributed by atoms with E-state index in [1.54, 1.807) is 0 Å². The molecule has 0 saturated carbocycles. The molecule has 0 aliphatic carbocycles. The largest absolute Gasteiger partial charge is 0.469 e. The Balaban J connectivity index is 1.63. The summed E-state index contributed by atoms with van der Waals surface area (Å²) in [5.41, 5.74) is 3.35. The lowest BCUT2D eigenvalue weighted by Crippen LogP contribution is -2.01. The van der Waals surface area contributed by atoms with Crippen LogP contribution in [0.4, 0.5) is 0 Å². The Morgan fingerprint density at radius 3 is 2.03 bits per heavy atom. The predicted octanol–water partition coefficient (Wildman–Crippen LogP) is 5.43. The average molecular weight is 401 g/mol. The van der Waals surface area contributed by atoms with E-state index in [2.05, 4.69) is 9.72 Å². The number of esters is 1. The van der Waals surface area contributed by atoms with Gasteiger partial charge in [0, 0.05) is 27.7 Å². The number of benzene rings is 3. The van der Waals surface area contributed by atoms with Crippen LogP contribution in [0.25, 0.3) is 21.8 Å². The highest BCUT2D eigenvalue weighted by atomic mass is 32.2. The van der Waals surface area contributed by atoms with Crippen LogP contribution < -0.4 is 0 Å². The van der Waals surface area contributed by atoms with E-state index in [1.807, 2.05) is 72.8 Å². The van der Waals surface area contributed by atoms with Crippen LogP contribution in [-0.2, 0) is 16.0 Å². The van der Waals surface area contributed by atoms with Gasteiger partial charge in [-0.2, -0.15) is 0 Å². The SMILES string of the molecule is COC(=O)CCc1ccc(SC(=O)c2c3ccccc3nc3ccccc23)cc1. The van der Waals surface area contributed by atoms with Gasteiger partial charge < -0.3 is 4.74 Å². The summed E-state index contributed by atoms with van der Waals surface area (Å²) in [6.07, 6.45) is 0.960. The lowest BCUT2D eigenvalue weighted by Gasteiger charge is -2.10. The molecule has 3 aromatic carbocycles. The van der Waals surface area contributed by atoms with E-state index in [-0.39, 0.29) is 11.1 Å². The van der Waals surface area contributed by atoms with Crippen molar-refractivity contribution >= 4 is 44.7 Å². The third-order valence-electron chi connectivity index (χ3n) is 4.77. The van der Waals surface area contributed by atoms with Gasteiger partial charge >= 0.3 is 5.97 Å². The molecular weight excluding hydrogens is 382 g/mol. The first kappa shape index (κ1) is 19.2. The number of rotatable bonds is 5. The summed E-state index contributed by atoms with van der Waals surface area (Å²) in [5, 5.41) is 1.71. The van der Waals surface area contributed by atoms with Gasteiger partial charge in [0.15, 0.2) is 0 Å². The van der Waals surface area contributed by atoms with Crippen molar-refractivity contribution in [2.24, 2.45) is 0 Å². The molecule has 0 aliphatic rings. The third-order valence-corrected chi connectivity index (χ3v) is 5.67. The molecule has 1 aromatic heterocycles. The Labute approximate surface area is 172 Å². The molecular formula is C24H19NO3S. The number of aryl methyl sites for hydroxylation is 1.